The molecule has 1 amide bonds. The third kappa shape index (κ3) is 6.12. The Morgan fingerprint density at radius 1 is 1.09 bits per heavy atom. The molecular weight excluding hydrogens is 433 g/mol. The van der Waals surface area contributed by atoms with E-state index in [0.29, 0.717) is 25.9 Å². The number of hydrogen-bond donors (Lipinski definition) is 2. The predicted molar refractivity (Wildman–Crippen MR) is 123 cm³/mol. The lowest BCUT2D eigenvalue weighted by Crippen LogP contribution is -2.46. The summed E-state index contributed by atoms with van der Waals surface area (Å²) >= 11 is 0. The normalized spacial score (nSPS) is 15.3. The molecule has 0 aromatic heterocycles. The van der Waals surface area contributed by atoms with Gasteiger partial charge in [0.2, 0.25) is 0 Å². The van der Waals surface area contributed by atoms with Gasteiger partial charge in [-0.3, -0.25) is 4.72 Å². The minimum absolute atomic E-state index is 0.0967. The molecule has 0 saturated carbocycles. The molecule has 3 rings (SSSR count). The van der Waals surface area contributed by atoms with Crippen LogP contribution in [-0.2, 0) is 14.8 Å². The molecule has 2 N–H and O–H groups in total. The van der Waals surface area contributed by atoms with Gasteiger partial charge in [-0.15, -0.1) is 0 Å². The van der Waals surface area contributed by atoms with Crippen LogP contribution in [0, 0.1) is 12.7 Å². The van der Waals surface area contributed by atoms with Gasteiger partial charge >= 0.3 is 6.09 Å². The van der Waals surface area contributed by atoms with E-state index < -0.39 is 27.5 Å². The van der Waals surface area contributed by atoms with Gasteiger partial charge < -0.3 is 15.0 Å². The van der Waals surface area contributed by atoms with Crippen molar-refractivity contribution in [2.75, 3.05) is 22.7 Å². The summed E-state index contributed by atoms with van der Waals surface area (Å²) in [6.45, 7) is 8.18. The second-order valence-corrected chi connectivity index (χ2v) is 10.6. The fourth-order valence-electron chi connectivity index (χ4n) is 3.56. The molecule has 0 bridgehead atoms. The average molecular weight is 464 g/mol. The highest BCUT2D eigenvalue weighted by molar-refractivity contribution is 7.92. The van der Waals surface area contributed by atoms with Crippen molar-refractivity contribution in [1.82, 2.24) is 5.32 Å². The highest BCUT2D eigenvalue weighted by Crippen LogP contribution is 2.33. The number of para-hydroxylation sites is 1. The first-order chi connectivity index (χ1) is 14.9. The molecule has 32 heavy (non-hydrogen) atoms. The number of nitrogens with zero attached hydrogens (tertiary/aromatic N) is 1. The molecule has 1 aliphatic heterocycles. The van der Waals surface area contributed by atoms with Crippen molar-refractivity contribution < 1.29 is 22.3 Å². The smallest absolute Gasteiger partial charge is 0.407 e. The van der Waals surface area contributed by atoms with Gasteiger partial charge in [-0.25, -0.2) is 17.6 Å². The Hall–Kier alpha value is -2.81. The average Bonchev–Trinajstić information content (AvgIpc) is 2.68. The molecule has 1 fully saturated rings. The van der Waals surface area contributed by atoms with Crippen molar-refractivity contribution in [3.63, 3.8) is 0 Å². The first-order valence-electron chi connectivity index (χ1n) is 10.6. The zero-order chi connectivity index (χ0) is 23.5. The van der Waals surface area contributed by atoms with E-state index in [2.05, 4.69) is 10.0 Å². The van der Waals surface area contributed by atoms with Crippen LogP contribution in [0.25, 0.3) is 0 Å². The molecule has 7 nitrogen and oxygen atoms in total. The van der Waals surface area contributed by atoms with Crippen molar-refractivity contribution in [3.8, 4) is 0 Å². The monoisotopic (exact) mass is 463 g/mol. The van der Waals surface area contributed by atoms with Gasteiger partial charge in [0, 0.05) is 19.1 Å². The van der Waals surface area contributed by atoms with Crippen molar-refractivity contribution in [1.29, 1.82) is 0 Å². The second kappa shape index (κ2) is 9.36. The van der Waals surface area contributed by atoms with Crippen LogP contribution in [0.4, 0.5) is 20.6 Å². The summed E-state index contributed by atoms with van der Waals surface area (Å²) in [5.74, 6) is -0.507. The summed E-state index contributed by atoms with van der Waals surface area (Å²) in [7, 11) is -3.87. The SMILES string of the molecule is Cc1ccc(S(=O)(=O)Nc2cccc(F)c2N2CCC(NC(=O)OC(C)(C)C)CC2)cc1. The molecule has 0 spiro atoms. The van der Waals surface area contributed by atoms with Gasteiger partial charge in [-0.2, -0.15) is 0 Å². The number of benzene rings is 2. The lowest BCUT2D eigenvalue weighted by Gasteiger charge is -2.35. The Balaban J connectivity index is 1.72. The van der Waals surface area contributed by atoms with Crippen LogP contribution in [0.2, 0.25) is 0 Å². The van der Waals surface area contributed by atoms with Gasteiger partial charge in [-0.05, 0) is 64.8 Å². The zero-order valence-corrected chi connectivity index (χ0v) is 19.6. The topological polar surface area (TPSA) is 87.7 Å². The van der Waals surface area contributed by atoms with E-state index in [1.54, 1.807) is 43.9 Å². The van der Waals surface area contributed by atoms with E-state index >= 15 is 0 Å². The number of piperidine rings is 1. The molecule has 1 heterocycles. The number of halogens is 1. The number of nitrogens with one attached hydrogen (secondary N) is 2. The van der Waals surface area contributed by atoms with Crippen LogP contribution in [0.3, 0.4) is 0 Å². The number of amides is 1. The lowest BCUT2D eigenvalue weighted by molar-refractivity contribution is 0.0497. The minimum Gasteiger partial charge on any atom is -0.444 e. The van der Waals surface area contributed by atoms with Crippen LogP contribution >= 0.6 is 0 Å². The number of aryl methyl sites for hydroxylation is 1. The molecule has 174 valence electrons. The van der Waals surface area contributed by atoms with E-state index in [0.717, 1.165) is 5.56 Å². The molecule has 2 aromatic carbocycles. The van der Waals surface area contributed by atoms with Gasteiger partial charge in [0.05, 0.1) is 16.3 Å². The van der Waals surface area contributed by atoms with Gasteiger partial charge in [0.25, 0.3) is 10.0 Å². The molecule has 1 saturated heterocycles. The Kier molecular flexibility index (Phi) is 6.97. The predicted octanol–water partition coefficient (Wildman–Crippen LogP) is 4.43. The number of carbonyl (C=O) groups excluding carboxylic acids is 1. The zero-order valence-electron chi connectivity index (χ0n) is 18.8. The van der Waals surface area contributed by atoms with Crippen molar-refractivity contribution in [2.45, 2.75) is 57.1 Å². The summed E-state index contributed by atoms with van der Waals surface area (Å²) in [6.07, 6.45) is 0.684. The quantitative estimate of drug-likeness (QED) is 0.685. The maximum absolute atomic E-state index is 14.8. The molecule has 9 heteroatoms. The standard InChI is InChI=1S/C23H30FN3O4S/c1-16-8-10-18(11-9-16)32(29,30)26-20-7-5-6-19(24)21(20)27-14-12-17(13-15-27)25-22(28)31-23(2,3)4/h5-11,17,26H,12-15H2,1-4H3,(H,25,28). The Morgan fingerprint density at radius 3 is 2.31 bits per heavy atom. The number of rotatable bonds is 5. The van der Waals surface area contributed by atoms with Crippen LogP contribution in [0.15, 0.2) is 47.4 Å². The third-order valence-electron chi connectivity index (χ3n) is 5.09. The van der Waals surface area contributed by atoms with Crippen molar-refractivity contribution in [2.24, 2.45) is 0 Å². The number of alkyl carbamates (subject to hydrolysis) is 1. The molecule has 2 aromatic rings. The summed E-state index contributed by atoms with van der Waals surface area (Å²) in [4.78, 5) is 13.9. The van der Waals surface area contributed by atoms with Crippen LogP contribution < -0.4 is 14.9 Å². The Labute approximate surface area is 189 Å². The van der Waals surface area contributed by atoms with Crippen molar-refractivity contribution >= 4 is 27.5 Å². The number of sulfonamides is 1. The molecule has 0 aliphatic carbocycles. The number of anilines is 2. The number of hydrogen-bond acceptors (Lipinski definition) is 5. The molecule has 0 atom stereocenters. The van der Waals surface area contributed by atoms with Gasteiger partial charge in [0.1, 0.15) is 11.4 Å². The van der Waals surface area contributed by atoms with Crippen LogP contribution in [0.1, 0.15) is 39.2 Å². The summed E-state index contributed by atoms with van der Waals surface area (Å²) < 4.78 is 48.3. The van der Waals surface area contributed by atoms with Gasteiger partial charge in [-0.1, -0.05) is 23.8 Å². The number of carbonyl (C=O) groups is 1. The van der Waals surface area contributed by atoms with E-state index in [9.17, 15) is 17.6 Å². The largest absolute Gasteiger partial charge is 0.444 e. The third-order valence-corrected chi connectivity index (χ3v) is 6.48. The minimum atomic E-state index is -3.87. The Morgan fingerprint density at radius 2 is 1.72 bits per heavy atom. The second-order valence-electron chi connectivity index (χ2n) is 8.96. The fraction of sp³-hybridized carbons (Fsp3) is 0.435. The highest BCUT2D eigenvalue weighted by atomic mass is 32.2. The van der Waals surface area contributed by atoms with Gasteiger partial charge in [0.15, 0.2) is 0 Å². The number of ether oxygens (including phenoxy) is 1. The Bertz CT molecular complexity index is 1060. The van der Waals surface area contributed by atoms with E-state index in [1.165, 1.54) is 24.3 Å². The highest BCUT2D eigenvalue weighted by Gasteiger charge is 2.27. The first kappa shape index (κ1) is 23.8. The summed E-state index contributed by atoms with van der Waals surface area (Å²) in [5, 5.41) is 2.85. The maximum Gasteiger partial charge on any atom is 0.407 e. The summed E-state index contributed by atoms with van der Waals surface area (Å²) in [5.41, 5.74) is 0.753. The molecular formula is C23H30FN3O4S. The van der Waals surface area contributed by atoms with E-state index in [1.807, 2.05) is 6.92 Å². The maximum atomic E-state index is 14.8. The first-order valence-corrected chi connectivity index (χ1v) is 12.1. The fourth-order valence-corrected chi connectivity index (χ4v) is 4.63. The molecule has 0 radical (unpaired) electrons. The lowest BCUT2D eigenvalue weighted by atomic mass is 10.0. The van der Waals surface area contributed by atoms with E-state index in [-0.39, 0.29) is 22.3 Å². The van der Waals surface area contributed by atoms with Crippen LogP contribution in [-0.4, -0.2) is 39.2 Å². The molecule has 1 aliphatic rings. The summed E-state index contributed by atoms with van der Waals surface area (Å²) in [6, 6.07) is 10.7. The van der Waals surface area contributed by atoms with E-state index in [4.69, 9.17) is 4.74 Å². The van der Waals surface area contributed by atoms with Crippen LogP contribution in [0.5, 0.6) is 0 Å². The van der Waals surface area contributed by atoms with Crippen molar-refractivity contribution in [3.05, 3.63) is 53.8 Å². The molecule has 0 unspecified atom stereocenters.